The van der Waals surface area contributed by atoms with Crippen molar-refractivity contribution in [3.63, 3.8) is 0 Å². The second-order valence-electron chi connectivity index (χ2n) is 4.67. The molecule has 0 aromatic rings. The van der Waals surface area contributed by atoms with Gasteiger partial charge in [-0.3, -0.25) is 4.79 Å². The van der Waals surface area contributed by atoms with Gasteiger partial charge >= 0.3 is 0 Å². The van der Waals surface area contributed by atoms with Crippen LogP contribution < -0.4 is 0 Å². The maximum Gasteiger partial charge on any atom is 0.133 e. The van der Waals surface area contributed by atoms with E-state index in [2.05, 4.69) is 32.6 Å². The predicted molar refractivity (Wildman–Crippen MR) is 53.3 cm³/mol. The first-order valence-electron chi connectivity index (χ1n) is 4.94. The molecule has 0 spiro atoms. The molecule has 2 rings (SSSR count). The lowest BCUT2D eigenvalue weighted by atomic mass is 9.62. The molecule has 0 radical (unpaired) electrons. The molecule has 0 N–H and O–H groups in total. The van der Waals surface area contributed by atoms with Gasteiger partial charge in [-0.1, -0.05) is 38.2 Å². The highest BCUT2D eigenvalue weighted by Gasteiger charge is 2.46. The van der Waals surface area contributed by atoms with Crippen molar-refractivity contribution in [2.45, 2.75) is 26.7 Å². The van der Waals surface area contributed by atoms with Crippen molar-refractivity contribution < 1.29 is 4.79 Å². The van der Waals surface area contributed by atoms with Crippen molar-refractivity contribution in [1.82, 2.24) is 0 Å². The normalized spacial score (nSPS) is 43.8. The molecule has 0 bridgehead atoms. The van der Waals surface area contributed by atoms with E-state index in [4.69, 9.17) is 0 Å². The molecule has 1 unspecified atom stereocenters. The smallest absolute Gasteiger partial charge is 0.133 e. The van der Waals surface area contributed by atoms with Gasteiger partial charge in [-0.2, -0.15) is 0 Å². The summed E-state index contributed by atoms with van der Waals surface area (Å²) in [4.78, 5) is 11.4. The zero-order chi connectivity index (χ0) is 9.64. The summed E-state index contributed by atoms with van der Waals surface area (Å²) in [5.74, 6) is 1.25. The average Bonchev–Trinajstić information content (AvgIpc) is 2.33. The van der Waals surface area contributed by atoms with Crippen molar-refractivity contribution >= 4 is 5.78 Å². The molecule has 1 heteroatoms. The lowest BCUT2D eigenvalue weighted by molar-refractivity contribution is -0.125. The Balaban J connectivity index is 2.36. The van der Waals surface area contributed by atoms with E-state index >= 15 is 0 Å². The van der Waals surface area contributed by atoms with E-state index in [1.54, 1.807) is 0 Å². The van der Waals surface area contributed by atoms with E-state index in [1.807, 2.05) is 0 Å². The molecule has 2 aliphatic rings. The molecule has 2 aliphatic carbocycles. The number of hydrogen-bond acceptors (Lipinski definition) is 1. The van der Waals surface area contributed by atoms with Crippen LogP contribution in [-0.4, -0.2) is 5.78 Å². The first-order valence-corrected chi connectivity index (χ1v) is 4.94. The molecular weight excluding hydrogens is 160 g/mol. The summed E-state index contributed by atoms with van der Waals surface area (Å²) in [6.45, 7) is 8.44. The highest BCUT2D eigenvalue weighted by atomic mass is 16.1. The Morgan fingerprint density at radius 2 is 2.23 bits per heavy atom. The number of fused-ring (bicyclic) bond motifs is 1. The van der Waals surface area contributed by atoms with Gasteiger partial charge in [0.15, 0.2) is 0 Å². The fourth-order valence-electron chi connectivity index (χ4n) is 2.65. The number of rotatable bonds is 0. The summed E-state index contributed by atoms with van der Waals surface area (Å²) in [6, 6.07) is 0. The Morgan fingerprint density at radius 1 is 1.54 bits per heavy atom. The fourth-order valence-corrected chi connectivity index (χ4v) is 2.65. The van der Waals surface area contributed by atoms with Crippen LogP contribution in [0.15, 0.2) is 24.3 Å². The van der Waals surface area contributed by atoms with Crippen LogP contribution in [-0.2, 0) is 4.79 Å². The minimum Gasteiger partial charge on any atom is -0.300 e. The second kappa shape index (κ2) is 2.57. The molecule has 0 aliphatic heterocycles. The van der Waals surface area contributed by atoms with E-state index in [9.17, 15) is 4.79 Å². The van der Waals surface area contributed by atoms with Crippen LogP contribution in [0, 0.1) is 17.3 Å². The quantitative estimate of drug-likeness (QED) is 0.554. The van der Waals surface area contributed by atoms with Gasteiger partial charge in [-0.25, -0.2) is 0 Å². The first kappa shape index (κ1) is 8.74. The molecule has 0 aromatic heterocycles. The average molecular weight is 176 g/mol. The van der Waals surface area contributed by atoms with Gasteiger partial charge in [-0.15, -0.1) is 0 Å². The lowest BCUT2D eigenvalue weighted by Crippen LogP contribution is -2.37. The molecule has 1 fully saturated rings. The van der Waals surface area contributed by atoms with Crippen LogP contribution in [0.2, 0.25) is 0 Å². The van der Waals surface area contributed by atoms with Gasteiger partial charge in [-0.05, 0) is 17.3 Å². The fraction of sp³-hybridized carbons (Fsp3) is 0.583. The third kappa shape index (κ3) is 1.10. The Labute approximate surface area is 79.5 Å². The third-order valence-electron chi connectivity index (χ3n) is 3.88. The number of hydrogen-bond donors (Lipinski definition) is 0. The first-order chi connectivity index (χ1) is 6.04. The van der Waals surface area contributed by atoms with Crippen LogP contribution in [0.1, 0.15) is 26.7 Å². The summed E-state index contributed by atoms with van der Waals surface area (Å²) in [6.07, 6.45) is 5.79. The number of ketones is 1. The van der Waals surface area contributed by atoms with E-state index in [0.717, 1.165) is 12.0 Å². The Bertz CT molecular complexity index is 300. The van der Waals surface area contributed by atoms with E-state index in [-0.39, 0.29) is 5.41 Å². The van der Waals surface area contributed by atoms with Gasteiger partial charge in [0, 0.05) is 12.8 Å². The SMILES string of the molecule is C=C1C=C[C@]2(C)C1CC(=O)C[C@H]2C. The summed E-state index contributed by atoms with van der Waals surface area (Å²) in [5.41, 5.74) is 1.34. The summed E-state index contributed by atoms with van der Waals surface area (Å²) < 4.78 is 0. The van der Waals surface area contributed by atoms with Gasteiger partial charge in [0.25, 0.3) is 0 Å². The van der Waals surface area contributed by atoms with Gasteiger partial charge in [0.2, 0.25) is 0 Å². The standard InChI is InChI=1S/C12H16O/c1-8-4-5-12(3)9(2)6-10(13)7-11(8)12/h4-5,9,11H,1,6-7H2,2-3H3/t9-,11?,12+/m1/s1. The van der Waals surface area contributed by atoms with E-state index in [1.165, 1.54) is 0 Å². The van der Waals surface area contributed by atoms with Crippen molar-refractivity contribution in [2.24, 2.45) is 17.3 Å². The van der Waals surface area contributed by atoms with Crippen molar-refractivity contribution in [2.75, 3.05) is 0 Å². The van der Waals surface area contributed by atoms with Crippen LogP contribution in [0.3, 0.4) is 0 Å². The number of carbonyl (C=O) groups excluding carboxylic acids is 1. The molecule has 1 nitrogen and oxygen atoms in total. The minimum absolute atomic E-state index is 0.199. The molecule has 70 valence electrons. The molecule has 0 aromatic carbocycles. The highest BCUT2D eigenvalue weighted by molar-refractivity contribution is 5.81. The Hall–Kier alpha value is -0.850. The zero-order valence-electron chi connectivity index (χ0n) is 8.34. The molecule has 0 saturated heterocycles. The highest BCUT2D eigenvalue weighted by Crippen LogP contribution is 2.51. The Morgan fingerprint density at radius 3 is 2.92 bits per heavy atom. The van der Waals surface area contributed by atoms with Crippen LogP contribution in [0.25, 0.3) is 0 Å². The third-order valence-corrected chi connectivity index (χ3v) is 3.88. The summed E-state index contributed by atoms with van der Waals surface area (Å²) in [7, 11) is 0. The van der Waals surface area contributed by atoms with Crippen molar-refractivity contribution in [1.29, 1.82) is 0 Å². The molecule has 0 amide bonds. The van der Waals surface area contributed by atoms with E-state index in [0.29, 0.717) is 24.0 Å². The van der Waals surface area contributed by atoms with E-state index < -0.39 is 0 Å². The van der Waals surface area contributed by atoms with Gasteiger partial charge in [0.1, 0.15) is 5.78 Å². The number of Topliss-reactive ketones (excluding diaryl/α,β-unsaturated/α-hetero) is 1. The topological polar surface area (TPSA) is 17.1 Å². The molecule has 13 heavy (non-hydrogen) atoms. The molecule has 0 heterocycles. The van der Waals surface area contributed by atoms with Crippen molar-refractivity contribution in [3.05, 3.63) is 24.3 Å². The maximum atomic E-state index is 11.4. The van der Waals surface area contributed by atoms with Gasteiger partial charge < -0.3 is 0 Å². The van der Waals surface area contributed by atoms with Crippen molar-refractivity contribution in [3.8, 4) is 0 Å². The predicted octanol–water partition coefficient (Wildman–Crippen LogP) is 2.73. The summed E-state index contributed by atoms with van der Waals surface area (Å²) in [5, 5.41) is 0. The van der Waals surface area contributed by atoms with Crippen LogP contribution >= 0.6 is 0 Å². The lowest BCUT2D eigenvalue weighted by Gasteiger charge is -2.40. The van der Waals surface area contributed by atoms with Gasteiger partial charge in [0.05, 0.1) is 0 Å². The molecular formula is C12H16O. The monoisotopic (exact) mass is 176 g/mol. The zero-order valence-corrected chi connectivity index (χ0v) is 8.34. The van der Waals surface area contributed by atoms with Crippen LogP contribution in [0.4, 0.5) is 0 Å². The molecule has 1 saturated carbocycles. The largest absolute Gasteiger partial charge is 0.300 e. The minimum atomic E-state index is 0.199. The maximum absolute atomic E-state index is 11.4. The number of carbonyl (C=O) groups is 1. The number of allylic oxidation sites excluding steroid dienone is 3. The summed E-state index contributed by atoms with van der Waals surface area (Å²) >= 11 is 0. The van der Waals surface area contributed by atoms with Crippen LogP contribution in [0.5, 0.6) is 0 Å². The Kier molecular flexibility index (Phi) is 1.73. The molecule has 3 atom stereocenters. The second-order valence-corrected chi connectivity index (χ2v) is 4.67.